The molecule has 1 amide bonds. The Morgan fingerprint density at radius 3 is 2.74 bits per heavy atom. The summed E-state index contributed by atoms with van der Waals surface area (Å²) in [6.45, 7) is 3.25. The van der Waals surface area contributed by atoms with Crippen LogP contribution in [0.15, 0.2) is 22.8 Å². The van der Waals surface area contributed by atoms with Crippen LogP contribution in [0.2, 0.25) is 0 Å². The van der Waals surface area contributed by atoms with Crippen molar-refractivity contribution in [1.82, 2.24) is 4.90 Å². The Labute approximate surface area is 113 Å². The Bertz CT molecular complexity index is 445. The van der Waals surface area contributed by atoms with E-state index in [0.717, 1.165) is 31.4 Å². The number of carbonyl (C=O) groups excluding carboxylic acids is 1. The lowest BCUT2D eigenvalue weighted by atomic mass is 9.61. The maximum absolute atomic E-state index is 12.8. The molecule has 2 saturated carbocycles. The van der Waals surface area contributed by atoms with E-state index in [1.807, 2.05) is 17.0 Å². The molecular formula is C15H22N2O2. The molecule has 3 rings (SSSR count). The molecule has 0 aliphatic heterocycles. The molecule has 19 heavy (non-hydrogen) atoms. The molecule has 0 atom stereocenters. The summed E-state index contributed by atoms with van der Waals surface area (Å²) in [5.74, 6) is 1.73. The van der Waals surface area contributed by atoms with E-state index in [0.29, 0.717) is 25.0 Å². The highest BCUT2D eigenvalue weighted by molar-refractivity contribution is 5.84. The van der Waals surface area contributed by atoms with E-state index in [1.165, 1.54) is 0 Å². The second kappa shape index (κ2) is 4.67. The van der Waals surface area contributed by atoms with Crippen molar-refractivity contribution in [1.29, 1.82) is 0 Å². The number of carbonyl (C=O) groups is 1. The second-order valence-electron chi connectivity index (χ2n) is 6.24. The van der Waals surface area contributed by atoms with E-state index < -0.39 is 0 Å². The molecule has 0 unspecified atom stereocenters. The van der Waals surface area contributed by atoms with Crippen molar-refractivity contribution in [3.05, 3.63) is 24.2 Å². The number of nitrogens with two attached hydrogens (primary N) is 1. The predicted molar refractivity (Wildman–Crippen MR) is 72.2 cm³/mol. The number of furan rings is 1. The van der Waals surface area contributed by atoms with Crippen molar-refractivity contribution in [2.24, 2.45) is 17.1 Å². The molecule has 2 aliphatic carbocycles. The van der Waals surface area contributed by atoms with Crippen molar-refractivity contribution in [3.63, 3.8) is 0 Å². The molecule has 1 aromatic heterocycles. The Morgan fingerprint density at radius 1 is 1.53 bits per heavy atom. The van der Waals surface area contributed by atoms with Gasteiger partial charge in [-0.15, -0.1) is 0 Å². The molecule has 1 aromatic rings. The molecule has 4 heteroatoms. The summed E-state index contributed by atoms with van der Waals surface area (Å²) in [6, 6.07) is 4.20. The van der Waals surface area contributed by atoms with E-state index >= 15 is 0 Å². The average Bonchev–Trinajstić information content (AvgIpc) is 3.08. The van der Waals surface area contributed by atoms with Gasteiger partial charge in [-0.05, 0) is 43.7 Å². The fourth-order valence-electron chi connectivity index (χ4n) is 3.33. The van der Waals surface area contributed by atoms with Crippen LogP contribution in [0.25, 0.3) is 0 Å². The number of amides is 1. The summed E-state index contributed by atoms with van der Waals surface area (Å²) in [4.78, 5) is 14.8. The van der Waals surface area contributed by atoms with Gasteiger partial charge in [0, 0.05) is 12.6 Å². The van der Waals surface area contributed by atoms with Gasteiger partial charge in [-0.1, -0.05) is 6.92 Å². The highest BCUT2D eigenvalue weighted by Crippen LogP contribution is 2.47. The Morgan fingerprint density at radius 2 is 2.26 bits per heavy atom. The van der Waals surface area contributed by atoms with Crippen LogP contribution in [-0.4, -0.2) is 23.4 Å². The van der Waals surface area contributed by atoms with Gasteiger partial charge in [-0.3, -0.25) is 4.79 Å². The molecule has 0 saturated heterocycles. The molecule has 0 aromatic carbocycles. The molecule has 2 N–H and O–H groups in total. The molecule has 0 bridgehead atoms. The third kappa shape index (κ3) is 2.29. The summed E-state index contributed by atoms with van der Waals surface area (Å²) in [6.07, 6.45) is 5.76. The zero-order chi connectivity index (χ0) is 13.5. The van der Waals surface area contributed by atoms with Gasteiger partial charge in [0.15, 0.2) is 0 Å². The fraction of sp³-hybridized carbons (Fsp3) is 0.667. The average molecular weight is 262 g/mol. The molecule has 2 fully saturated rings. The first-order valence-corrected chi connectivity index (χ1v) is 7.18. The maximum atomic E-state index is 12.8. The minimum Gasteiger partial charge on any atom is -0.467 e. The highest BCUT2D eigenvalue weighted by Gasteiger charge is 2.51. The number of hydrogen-bond donors (Lipinski definition) is 1. The SMILES string of the molecule is CC1CC(CN)(C(=O)N(Cc2ccco2)C2CC2)C1. The zero-order valence-electron chi connectivity index (χ0n) is 11.5. The summed E-state index contributed by atoms with van der Waals surface area (Å²) < 4.78 is 5.39. The minimum atomic E-state index is -0.297. The van der Waals surface area contributed by atoms with Gasteiger partial charge in [0.25, 0.3) is 0 Å². The van der Waals surface area contributed by atoms with Crippen LogP contribution in [0.1, 0.15) is 38.4 Å². The summed E-state index contributed by atoms with van der Waals surface area (Å²) >= 11 is 0. The standard InChI is InChI=1S/C15H22N2O2/c1-11-7-15(8-11,10-16)14(18)17(12-4-5-12)9-13-3-2-6-19-13/h2-3,6,11-12H,4-5,7-10,16H2,1H3. The summed E-state index contributed by atoms with van der Waals surface area (Å²) in [7, 11) is 0. The van der Waals surface area contributed by atoms with Crippen LogP contribution in [-0.2, 0) is 11.3 Å². The van der Waals surface area contributed by atoms with Gasteiger partial charge in [0.2, 0.25) is 5.91 Å². The van der Waals surface area contributed by atoms with Gasteiger partial charge in [-0.25, -0.2) is 0 Å². The minimum absolute atomic E-state index is 0.243. The molecule has 1 heterocycles. The predicted octanol–water partition coefficient (Wildman–Crippen LogP) is 2.15. The molecule has 0 radical (unpaired) electrons. The largest absolute Gasteiger partial charge is 0.467 e. The van der Waals surface area contributed by atoms with Crippen molar-refractivity contribution < 1.29 is 9.21 Å². The van der Waals surface area contributed by atoms with Crippen LogP contribution in [0.3, 0.4) is 0 Å². The molecule has 0 spiro atoms. The third-order valence-electron chi connectivity index (χ3n) is 4.48. The van der Waals surface area contributed by atoms with Gasteiger partial charge in [-0.2, -0.15) is 0 Å². The normalized spacial score (nSPS) is 29.9. The lowest BCUT2D eigenvalue weighted by molar-refractivity contribution is -0.151. The van der Waals surface area contributed by atoms with Crippen LogP contribution in [0.5, 0.6) is 0 Å². The van der Waals surface area contributed by atoms with Crippen LogP contribution in [0, 0.1) is 11.3 Å². The molecule has 4 nitrogen and oxygen atoms in total. The first-order valence-electron chi connectivity index (χ1n) is 7.18. The van der Waals surface area contributed by atoms with Crippen LogP contribution >= 0.6 is 0 Å². The van der Waals surface area contributed by atoms with E-state index in [9.17, 15) is 4.79 Å². The van der Waals surface area contributed by atoms with Crippen LogP contribution < -0.4 is 5.73 Å². The van der Waals surface area contributed by atoms with Gasteiger partial charge < -0.3 is 15.1 Å². The first kappa shape index (κ1) is 12.7. The number of nitrogens with zero attached hydrogens (tertiary/aromatic N) is 1. The van der Waals surface area contributed by atoms with E-state index in [1.54, 1.807) is 6.26 Å². The maximum Gasteiger partial charge on any atom is 0.230 e. The lowest BCUT2D eigenvalue weighted by Crippen LogP contribution is -2.55. The second-order valence-corrected chi connectivity index (χ2v) is 6.24. The van der Waals surface area contributed by atoms with Gasteiger partial charge in [0.05, 0.1) is 18.2 Å². The first-order chi connectivity index (χ1) is 9.14. The molecule has 104 valence electrons. The summed E-state index contributed by atoms with van der Waals surface area (Å²) in [5.41, 5.74) is 5.60. The Balaban J connectivity index is 1.74. The molecular weight excluding hydrogens is 240 g/mol. The highest BCUT2D eigenvalue weighted by atomic mass is 16.3. The smallest absolute Gasteiger partial charge is 0.230 e. The van der Waals surface area contributed by atoms with E-state index in [-0.39, 0.29) is 11.3 Å². The van der Waals surface area contributed by atoms with Gasteiger partial charge >= 0.3 is 0 Å². The fourth-order valence-corrected chi connectivity index (χ4v) is 3.33. The Hall–Kier alpha value is -1.29. The van der Waals surface area contributed by atoms with Gasteiger partial charge in [0.1, 0.15) is 5.76 Å². The van der Waals surface area contributed by atoms with Crippen LogP contribution in [0.4, 0.5) is 0 Å². The van der Waals surface area contributed by atoms with Crippen molar-refractivity contribution in [3.8, 4) is 0 Å². The van der Waals surface area contributed by atoms with Crippen molar-refractivity contribution in [2.75, 3.05) is 6.54 Å². The quantitative estimate of drug-likeness (QED) is 0.884. The molecule has 2 aliphatic rings. The Kier molecular flexibility index (Phi) is 3.13. The summed E-state index contributed by atoms with van der Waals surface area (Å²) in [5, 5.41) is 0. The number of hydrogen-bond acceptors (Lipinski definition) is 3. The topological polar surface area (TPSA) is 59.5 Å². The van der Waals surface area contributed by atoms with Crippen molar-refractivity contribution in [2.45, 2.75) is 45.2 Å². The van der Waals surface area contributed by atoms with E-state index in [4.69, 9.17) is 10.2 Å². The zero-order valence-corrected chi connectivity index (χ0v) is 11.5. The van der Waals surface area contributed by atoms with E-state index in [2.05, 4.69) is 6.92 Å². The lowest BCUT2D eigenvalue weighted by Gasteiger charge is -2.46. The monoisotopic (exact) mass is 262 g/mol. The third-order valence-corrected chi connectivity index (χ3v) is 4.48. The number of rotatable bonds is 5. The van der Waals surface area contributed by atoms with Crippen molar-refractivity contribution >= 4 is 5.91 Å².